The highest BCUT2D eigenvalue weighted by Crippen LogP contribution is 2.21. The smallest absolute Gasteiger partial charge is 0.335 e. The molecule has 0 radical (unpaired) electrons. The van der Waals surface area contributed by atoms with Gasteiger partial charge in [0.05, 0.1) is 29.2 Å². The summed E-state index contributed by atoms with van der Waals surface area (Å²) in [6.45, 7) is 4.29. The molecule has 0 fully saturated rings. The largest absolute Gasteiger partial charge is 0.486 e. The maximum absolute atomic E-state index is 11.2. The fourth-order valence-corrected chi connectivity index (χ4v) is 2.67. The molecule has 2 N–H and O–H groups in total. The van der Waals surface area contributed by atoms with Crippen LogP contribution in [0.2, 0.25) is 0 Å². The van der Waals surface area contributed by atoms with Crippen LogP contribution in [0.25, 0.3) is 11.0 Å². The number of carboxylic acids is 1. The molecule has 6 nitrogen and oxygen atoms in total. The van der Waals surface area contributed by atoms with Gasteiger partial charge in [-0.1, -0.05) is 17.7 Å². The maximum atomic E-state index is 11.2. The minimum Gasteiger partial charge on any atom is -0.486 e. The van der Waals surface area contributed by atoms with Crippen LogP contribution in [0, 0.1) is 6.92 Å². The van der Waals surface area contributed by atoms with Gasteiger partial charge in [-0.15, -0.1) is 0 Å². The molecule has 3 aromatic rings. The first-order valence-electron chi connectivity index (χ1n) is 8.04. The lowest BCUT2D eigenvalue weighted by molar-refractivity contribution is 0.0697. The molecule has 3 rings (SSSR count). The lowest BCUT2D eigenvalue weighted by Gasteiger charge is -2.12. The average molecular weight is 340 g/mol. The van der Waals surface area contributed by atoms with E-state index < -0.39 is 12.1 Å². The summed E-state index contributed by atoms with van der Waals surface area (Å²) in [7, 11) is 0. The Balaban J connectivity index is 1.93. The van der Waals surface area contributed by atoms with Crippen LogP contribution < -0.4 is 4.74 Å². The van der Waals surface area contributed by atoms with Crippen LogP contribution in [0.4, 0.5) is 0 Å². The minimum absolute atomic E-state index is 0.181. The van der Waals surface area contributed by atoms with E-state index in [-0.39, 0.29) is 12.2 Å². The lowest BCUT2D eigenvalue weighted by Crippen LogP contribution is -2.15. The third-order valence-electron chi connectivity index (χ3n) is 3.91. The van der Waals surface area contributed by atoms with Gasteiger partial charge >= 0.3 is 5.97 Å². The molecular weight excluding hydrogens is 320 g/mol. The monoisotopic (exact) mass is 340 g/mol. The van der Waals surface area contributed by atoms with Gasteiger partial charge in [-0.3, -0.25) is 0 Å². The second kappa shape index (κ2) is 6.94. The summed E-state index contributed by atoms with van der Waals surface area (Å²) in [5.74, 6) is 0.371. The van der Waals surface area contributed by atoms with Gasteiger partial charge in [-0.2, -0.15) is 0 Å². The summed E-state index contributed by atoms with van der Waals surface area (Å²) >= 11 is 0. The van der Waals surface area contributed by atoms with Crippen LogP contribution in [-0.4, -0.2) is 31.8 Å². The Kier molecular flexibility index (Phi) is 4.72. The Hall–Kier alpha value is -2.86. The molecule has 1 unspecified atom stereocenters. The quantitative estimate of drug-likeness (QED) is 0.720. The van der Waals surface area contributed by atoms with Crippen molar-refractivity contribution in [2.24, 2.45) is 0 Å². The maximum Gasteiger partial charge on any atom is 0.335 e. The van der Waals surface area contributed by atoms with E-state index in [1.807, 2.05) is 35.8 Å². The zero-order valence-electron chi connectivity index (χ0n) is 14.1. The lowest BCUT2D eigenvalue weighted by atomic mass is 10.2. The summed E-state index contributed by atoms with van der Waals surface area (Å²) < 4.78 is 7.66. The van der Waals surface area contributed by atoms with Crippen molar-refractivity contribution in [1.82, 2.24) is 9.55 Å². The fraction of sp³-hybridized carbons (Fsp3) is 0.263. The third-order valence-corrected chi connectivity index (χ3v) is 3.91. The highest BCUT2D eigenvalue weighted by atomic mass is 16.5. The molecule has 0 saturated heterocycles. The minimum atomic E-state index is -0.996. The van der Waals surface area contributed by atoms with Gasteiger partial charge in [0, 0.05) is 0 Å². The van der Waals surface area contributed by atoms with Crippen LogP contribution in [0.5, 0.6) is 5.75 Å². The number of hydrogen-bond acceptors (Lipinski definition) is 4. The van der Waals surface area contributed by atoms with Crippen molar-refractivity contribution in [3.05, 3.63) is 59.4 Å². The SMILES string of the molecule is Cc1ccc(OCc2nc3cc(C(=O)O)ccc3n2CC(C)O)cc1. The Morgan fingerprint density at radius 1 is 1.24 bits per heavy atom. The number of nitrogens with zero attached hydrogens (tertiary/aromatic N) is 2. The van der Waals surface area contributed by atoms with E-state index in [0.29, 0.717) is 17.9 Å². The Morgan fingerprint density at radius 3 is 2.60 bits per heavy atom. The molecule has 0 spiro atoms. The summed E-state index contributed by atoms with van der Waals surface area (Å²) in [5, 5.41) is 18.9. The van der Waals surface area contributed by atoms with Crippen LogP contribution in [0.1, 0.15) is 28.7 Å². The number of rotatable bonds is 6. The summed E-state index contributed by atoms with van der Waals surface area (Å²) in [6, 6.07) is 12.5. The standard InChI is InChI=1S/C19H20N2O4/c1-12-3-6-15(7-4-12)25-11-18-20-16-9-14(19(23)24)5-8-17(16)21(18)10-13(2)22/h3-9,13,22H,10-11H2,1-2H3,(H,23,24). The van der Waals surface area contributed by atoms with Crippen LogP contribution in [-0.2, 0) is 13.2 Å². The molecule has 0 aliphatic heterocycles. The number of aromatic carboxylic acids is 1. The highest BCUT2D eigenvalue weighted by molar-refractivity contribution is 5.92. The molecule has 130 valence electrons. The van der Waals surface area contributed by atoms with Gasteiger partial charge in [0.2, 0.25) is 0 Å². The highest BCUT2D eigenvalue weighted by Gasteiger charge is 2.15. The molecule has 0 saturated carbocycles. The number of benzene rings is 2. The predicted octanol–water partition coefficient (Wildman–Crippen LogP) is 3.00. The molecule has 0 aliphatic carbocycles. The Morgan fingerprint density at radius 2 is 1.96 bits per heavy atom. The van der Waals surface area contributed by atoms with E-state index in [1.165, 1.54) is 12.1 Å². The summed E-state index contributed by atoms with van der Waals surface area (Å²) in [4.78, 5) is 15.7. The molecule has 25 heavy (non-hydrogen) atoms. The summed E-state index contributed by atoms with van der Waals surface area (Å²) in [6.07, 6.45) is -0.560. The van der Waals surface area contributed by atoms with Crippen molar-refractivity contribution in [3.8, 4) is 5.75 Å². The Labute approximate surface area is 145 Å². The summed E-state index contributed by atoms with van der Waals surface area (Å²) in [5.41, 5.74) is 2.67. The molecule has 0 amide bonds. The molecule has 1 atom stereocenters. The van der Waals surface area contributed by atoms with Gasteiger partial charge in [-0.05, 0) is 44.2 Å². The first kappa shape index (κ1) is 17.0. The van der Waals surface area contributed by atoms with Crippen molar-refractivity contribution in [1.29, 1.82) is 0 Å². The van der Waals surface area contributed by atoms with Gasteiger partial charge < -0.3 is 19.5 Å². The van der Waals surface area contributed by atoms with Crippen molar-refractivity contribution < 1.29 is 19.7 Å². The number of carbonyl (C=O) groups is 1. The third kappa shape index (κ3) is 3.80. The van der Waals surface area contributed by atoms with E-state index in [1.54, 1.807) is 13.0 Å². The van der Waals surface area contributed by atoms with Crippen molar-refractivity contribution in [3.63, 3.8) is 0 Å². The van der Waals surface area contributed by atoms with Crippen LogP contribution in [0.15, 0.2) is 42.5 Å². The normalized spacial score (nSPS) is 12.3. The van der Waals surface area contributed by atoms with Crippen molar-refractivity contribution in [2.45, 2.75) is 33.1 Å². The molecule has 6 heteroatoms. The van der Waals surface area contributed by atoms with E-state index in [9.17, 15) is 9.90 Å². The molecule has 0 bridgehead atoms. The first-order chi connectivity index (χ1) is 11.9. The van der Waals surface area contributed by atoms with Crippen molar-refractivity contribution in [2.75, 3.05) is 0 Å². The van der Waals surface area contributed by atoms with Gasteiger partial charge in [0.15, 0.2) is 0 Å². The number of ether oxygens (including phenoxy) is 1. The second-order valence-electron chi connectivity index (χ2n) is 6.10. The van der Waals surface area contributed by atoms with E-state index in [0.717, 1.165) is 16.8 Å². The number of fused-ring (bicyclic) bond motifs is 1. The molecule has 0 aliphatic rings. The number of aromatic nitrogens is 2. The zero-order valence-corrected chi connectivity index (χ0v) is 14.1. The van der Waals surface area contributed by atoms with Crippen LogP contribution >= 0.6 is 0 Å². The van der Waals surface area contributed by atoms with Crippen molar-refractivity contribution >= 4 is 17.0 Å². The predicted molar refractivity (Wildman–Crippen MR) is 93.9 cm³/mol. The Bertz CT molecular complexity index is 898. The van der Waals surface area contributed by atoms with E-state index in [4.69, 9.17) is 9.84 Å². The zero-order chi connectivity index (χ0) is 18.0. The first-order valence-corrected chi connectivity index (χ1v) is 8.04. The number of aliphatic hydroxyl groups excluding tert-OH is 1. The van der Waals surface area contributed by atoms with E-state index in [2.05, 4.69) is 4.98 Å². The number of imidazole rings is 1. The van der Waals surface area contributed by atoms with E-state index >= 15 is 0 Å². The van der Waals surface area contributed by atoms with Gasteiger partial charge in [0.1, 0.15) is 18.2 Å². The second-order valence-corrected chi connectivity index (χ2v) is 6.10. The number of carboxylic acid groups (broad SMARTS) is 1. The number of aryl methyl sites for hydroxylation is 1. The average Bonchev–Trinajstić information content (AvgIpc) is 2.90. The molecule has 2 aromatic carbocycles. The molecule has 1 heterocycles. The fourth-order valence-electron chi connectivity index (χ4n) is 2.67. The topological polar surface area (TPSA) is 84.6 Å². The molecular formula is C19H20N2O4. The number of aliphatic hydroxyl groups is 1. The molecule has 1 aromatic heterocycles. The van der Waals surface area contributed by atoms with Gasteiger partial charge in [0.25, 0.3) is 0 Å². The van der Waals surface area contributed by atoms with Crippen LogP contribution in [0.3, 0.4) is 0 Å². The number of hydrogen-bond donors (Lipinski definition) is 2. The van der Waals surface area contributed by atoms with Gasteiger partial charge in [-0.25, -0.2) is 9.78 Å².